The van der Waals surface area contributed by atoms with Gasteiger partial charge in [-0.05, 0) is 31.2 Å². The Hall–Kier alpha value is -1.92. The molecule has 0 aliphatic carbocycles. The molecule has 8 heteroatoms. The van der Waals surface area contributed by atoms with E-state index in [1.807, 2.05) is 0 Å². The quantitative estimate of drug-likeness (QED) is 0.530. The van der Waals surface area contributed by atoms with Gasteiger partial charge in [0.2, 0.25) is 11.0 Å². The Morgan fingerprint density at radius 2 is 1.84 bits per heavy atom. The zero-order chi connectivity index (χ0) is 14.0. The summed E-state index contributed by atoms with van der Waals surface area (Å²) < 4.78 is 0. The fraction of sp³-hybridized carbons (Fsp3) is 0.0909. The highest BCUT2D eigenvalue weighted by molar-refractivity contribution is 6.32. The number of rotatable bonds is 3. The molecule has 0 saturated carbocycles. The topological polar surface area (TPSA) is 81.0 Å². The first kappa shape index (κ1) is 13.5. The zero-order valence-electron chi connectivity index (χ0n) is 9.72. The van der Waals surface area contributed by atoms with Crippen LogP contribution in [-0.2, 0) is 0 Å². The molecule has 0 atom stereocenters. The van der Waals surface area contributed by atoms with E-state index in [1.165, 1.54) is 0 Å². The molecule has 0 radical (unpaired) electrons. The van der Waals surface area contributed by atoms with Crippen LogP contribution in [0.5, 0.6) is 0 Å². The maximum absolute atomic E-state index is 11.0. The summed E-state index contributed by atoms with van der Waals surface area (Å²) in [6.07, 6.45) is 0. The highest BCUT2D eigenvalue weighted by Gasteiger charge is 2.22. The Kier molecular flexibility index (Phi) is 3.82. The maximum Gasteiger partial charge on any atom is 0.348 e. The molecule has 98 valence electrons. The Morgan fingerprint density at radius 3 is 2.42 bits per heavy atom. The third-order valence-electron chi connectivity index (χ3n) is 2.24. The van der Waals surface area contributed by atoms with E-state index in [9.17, 15) is 10.1 Å². The number of benzene rings is 1. The molecule has 2 rings (SSSR count). The van der Waals surface area contributed by atoms with E-state index in [2.05, 4.69) is 15.3 Å². The highest BCUT2D eigenvalue weighted by atomic mass is 35.5. The lowest BCUT2D eigenvalue weighted by molar-refractivity contribution is -0.384. The molecule has 1 aromatic carbocycles. The average molecular weight is 299 g/mol. The standard InChI is InChI=1S/C11H8Cl2N4O2/c1-6-14-10(13)9(17(18)19)11(15-6)16-8-4-2-7(12)3-5-8/h2-5H,1H3,(H,14,15,16). The molecule has 2 aromatic rings. The minimum atomic E-state index is -0.625. The van der Waals surface area contributed by atoms with Gasteiger partial charge in [0, 0.05) is 10.7 Å². The van der Waals surface area contributed by atoms with Crippen LogP contribution in [0.4, 0.5) is 17.2 Å². The minimum absolute atomic E-state index is 0.0461. The molecule has 0 spiro atoms. The van der Waals surface area contributed by atoms with Crippen molar-refractivity contribution in [2.75, 3.05) is 5.32 Å². The van der Waals surface area contributed by atoms with Crippen LogP contribution >= 0.6 is 23.2 Å². The summed E-state index contributed by atoms with van der Waals surface area (Å²) in [6, 6.07) is 6.67. The molecule has 0 aliphatic rings. The molecule has 0 bridgehead atoms. The number of halogens is 2. The van der Waals surface area contributed by atoms with E-state index in [4.69, 9.17) is 23.2 Å². The van der Waals surface area contributed by atoms with Gasteiger partial charge in [0.1, 0.15) is 5.82 Å². The van der Waals surface area contributed by atoms with Gasteiger partial charge < -0.3 is 5.32 Å². The summed E-state index contributed by atoms with van der Waals surface area (Å²) in [5.41, 5.74) is 0.254. The van der Waals surface area contributed by atoms with E-state index >= 15 is 0 Å². The molecular formula is C11H8Cl2N4O2. The van der Waals surface area contributed by atoms with E-state index in [-0.39, 0.29) is 16.7 Å². The lowest BCUT2D eigenvalue weighted by atomic mass is 10.3. The van der Waals surface area contributed by atoms with Gasteiger partial charge in [0.25, 0.3) is 0 Å². The van der Waals surface area contributed by atoms with Crippen LogP contribution in [0.3, 0.4) is 0 Å². The first-order valence-electron chi connectivity index (χ1n) is 5.18. The molecule has 0 saturated heterocycles. The molecule has 1 heterocycles. The third kappa shape index (κ3) is 3.10. The SMILES string of the molecule is Cc1nc(Cl)c([N+](=O)[O-])c(Nc2ccc(Cl)cc2)n1. The molecular weight excluding hydrogens is 291 g/mol. The first-order valence-corrected chi connectivity index (χ1v) is 5.94. The van der Waals surface area contributed by atoms with Crippen LogP contribution in [0.2, 0.25) is 10.2 Å². The fourth-order valence-corrected chi connectivity index (χ4v) is 1.86. The van der Waals surface area contributed by atoms with Crippen molar-refractivity contribution < 1.29 is 4.92 Å². The van der Waals surface area contributed by atoms with Crippen molar-refractivity contribution in [2.45, 2.75) is 6.92 Å². The van der Waals surface area contributed by atoms with Gasteiger partial charge in [0.05, 0.1) is 4.92 Å². The summed E-state index contributed by atoms with van der Waals surface area (Å²) in [5, 5.41) is 14.2. The fourth-order valence-electron chi connectivity index (χ4n) is 1.45. The Labute approximate surface area is 118 Å². The highest BCUT2D eigenvalue weighted by Crippen LogP contribution is 2.31. The third-order valence-corrected chi connectivity index (χ3v) is 2.76. The number of aromatic nitrogens is 2. The molecule has 1 aromatic heterocycles. The monoisotopic (exact) mass is 298 g/mol. The average Bonchev–Trinajstić information content (AvgIpc) is 2.30. The number of hydrogen-bond acceptors (Lipinski definition) is 5. The molecule has 0 aliphatic heterocycles. The maximum atomic E-state index is 11.0. The van der Waals surface area contributed by atoms with E-state index in [0.29, 0.717) is 16.5 Å². The van der Waals surface area contributed by atoms with Crippen molar-refractivity contribution in [3.8, 4) is 0 Å². The second-order valence-corrected chi connectivity index (χ2v) is 4.44. The molecule has 0 unspecified atom stereocenters. The Morgan fingerprint density at radius 1 is 1.21 bits per heavy atom. The largest absolute Gasteiger partial charge is 0.348 e. The minimum Gasteiger partial charge on any atom is -0.334 e. The molecule has 19 heavy (non-hydrogen) atoms. The molecule has 1 N–H and O–H groups in total. The van der Waals surface area contributed by atoms with Gasteiger partial charge in [-0.1, -0.05) is 23.2 Å². The lowest BCUT2D eigenvalue weighted by Gasteiger charge is -2.07. The van der Waals surface area contributed by atoms with Crippen molar-refractivity contribution in [1.82, 2.24) is 9.97 Å². The van der Waals surface area contributed by atoms with Crippen LogP contribution < -0.4 is 5.32 Å². The smallest absolute Gasteiger partial charge is 0.334 e. The van der Waals surface area contributed by atoms with Gasteiger partial charge in [-0.15, -0.1) is 0 Å². The van der Waals surface area contributed by atoms with Crippen LogP contribution in [0.15, 0.2) is 24.3 Å². The van der Waals surface area contributed by atoms with Crippen LogP contribution in [-0.4, -0.2) is 14.9 Å². The summed E-state index contributed by atoms with van der Waals surface area (Å²) in [5.74, 6) is 0.386. The summed E-state index contributed by atoms with van der Waals surface area (Å²) >= 11 is 11.5. The normalized spacial score (nSPS) is 10.3. The summed E-state index contributed by atoms with van der Waals surface area (Å²) in [6.45, 7) is 1.60. The Bertz CT molecular complexity index is 631. The van der Waals surface area contributed by atoms with Gasteiger partial charge in [-0.25, -0.2) is 9.97 Å². The number of nitrogens with one attached hydrogen (secondary N) is 1. The molecule has 6 nitrogen and oxygen atoms in total. The number of nitro groups is 1. The number of nitrogens with zero attached hydrogens (tertiary/aromatic N) is 3. The van der Waals surface area contributed by atoms with Gasteiger partial charge >= 0.3 is 5.69 Å². The van der Waals surface area contributed by atoms with Crippen molar-refractivity contribution in [1.29, 1.82) is 0 Å². The number of anilines is 2. The van der Waals surface area contributed by atoms with Gasteiger partial charge in [0.15, 0.2) is 0 Å². The van der Waals surface area contributed by atoms with Gasteiger partial charge in [-0.3, -0.25) is 10.1 Å². The number of aryl methyl sites for hydroxylation is 1. The number of hydrogen-bond donors (Lipinski definition) is 1. The van der Waals surface area contributed by atoms with Crippen LogP contribution in [0.25, 0.3) is 0 Å². The second-order valence-electron chi connectivity index (χ2n) is 3.65. The van der Waals surface area contributed by atoms with Crippen molar-refractivity contribution in [2.24, 2.45) is 0 Å². The Balaban J connectivity index is 2.44. The second kappa shape index (κ2) is 5.38. The van der Waals surface area contributed by atoms with Crippen LogP contribution in [0.1, 0.15) is 5.82 Å². The zero-order valence-corrected chi connectivity index (χ0v) is 11.2. The van der Waals surface area contributed by atoms with E-state index in [0.717, 1.165) is 0 Å². The van der Waals surface area contributed by atoms with Crippen LogP contribution in [0, 0.1) is 17.0 Å². The molecule has 0 amide bonds. The van der Waals surface area contributed by atoms with E-state index in [1.54, 1.807) is 31.2 Å². The summed E-state index contributed by atoms with van der Waals surface area (Å²) in [7, 11) is 0. The van der Waals surface area contributed by atoms with E-state index < -0.39 is 4.92 Å². The predicted octanol–water partition coefficient (Wildman–Crippen LogP) is 3.74. The molecule has 0 fully saturated rings. The van der Waals surface area contributed by atoms with Gasteiger partial charge in [-0.2, -0.15) is 0 Å². The summed E-state index contributed by atoms with van der Waals surface area (Å²) in [4.78, 5) is 18.1. The first-order chi connectivity index (χ1) is 8.97. The van der Waals surface area contributed by atoms with Crippen molar-refractivity contribution in [3.05, 3.63) is 50.4 Å². The van der Waals surface area contributed by atoms with Crippen molar-refractivity contribution in [3.63, 3.8) is 0 Å². The predicted molar refractivity (Wildman–Crippen MR) is 73.2 cm³/mol. The van der Waals surface area contributed by atoms with Crippen molar-refractivity contribution >= 4 is 40.4 Å². The lowest BCUT2D eigenvalue weighted by Crippen LogP contribution is -2.03.